The van der Waals surface area contributed by atoms with Gasteiger partial charge in [0.05, 0.1) is 5.69 Å². The van der Waals surface area contributed by atoms with E-state index in [9.17, 15) is 9.59 Å². The molecular formula is C19H20N4O2. The average Bonchev–Trinajstić information content (AvgIpc) is 3.02. The van der Waals surface area contributed by atoms with E-state index in [0.717, 1.165) is 42.5 Å². The van der Waals surface area contributed by atoms with E-state index in [2.05, 4.69) is 10.4 Å². The molecule has 25 heavy (non-hydrogen) atoms. The number of carbonyl (C=O) groups is 1. The lowest BCUT2D eigenvalue weighted by Crippen LogP contribution is -2.32. The summed E-state index contributed by atoms with van der Waals surface area (Å²) in [5.74, 6) is -0.177. The molecule has 1 aromatic carbocycles. The monoisotopic (exact) mass is 336 g/mol. The summed E-state index contributed by atoms with van der Waals surface area (Å²) in [6, 6.07) is 9.71. The molecule has 0 aliphatic heterocycles. The van der Waals surface area contributed by atoms with Crippen LogP contribution in [-0.4, -0.2) is 20.1 Å². The molecule has 0 unspecified atom stereocenters. The second kappa shape index (κ2) is 6.55. The van der Waals surface area contributed by atoms with E-state index in [1.807, 2.05) is 30.3 Å². The SMILES string of the molecule is O=C(Cn1ccn2nc3c(c2c1=O)CCCC3)NCc1ccccc1. The van der Waals surface area contributed by atoms with Gasteiger partial charge in [0.15, 0.2) is 0 Å². The molecule has 6 nitrogen and oxygen atoms in total. The topological polar surface area (TPSA) is 68.4 Å². The third kappa shape index (κ3) is 3.07. The third-order valence-corrected chi connectivity index (χ3v) is 4.68. The highest BCUT2D eigenvalue weighted by Crippen LogP contribution is 2.22. The Hall–Kier alpha value is -2.89. The Morgan fingerprint density at radius 1 is 1.12 bits per heavy atom. The highest BCUT2D eigenvalue weighted by atomic mass is 16.2. The molecule has 0 fully saturated rings. The molecule has 0 saturated carbocycles. The summed E-state index contributed by atoms with van der Waals surface area (Å²) in [7, 11) is 0. The zero-order valence-electron chi connectivity index (χ0n) is 13.9. The number of nitrogens with zero attached hydrogens (tertiary/aromatic N) is 3. The molecule has 0 bridgehead atoms. The van der Waals surface area contributed by atoms with Crippen LogP contribution in [0.2, 0.25) is 0 Å². The van der Waals surface area contributed by atoms with E-state index < -0.39 is 0 Å². The lowest BCUT2D eigenvalue weighted by atomic mass is 9.97. The van der Waals surface area contributed by atoms with E-state index in [0.29, 0.717) is 12.1 Å². The van der Waals surface area contributed by atoms with Crippen molar-refractivity contribution in [2.75, 3.05) is 0 Å². The Labute approximate surface area is 145 Å². The van der Waals surface area contributed by atoms with Crippen LogP contribution in [0.4, 0.5) is 0 Å². The van der Waals surface area contributed by atoms with Gasteiger partial charge < -0.3 is 9.88 Å². The summed E-state index contributed by atoms with van der Waals surface area (Å²) in [6.45, 7) is 0.473. The fourth-order valence-corrected chi connectivity index (χ4v) is 3.39. The van der Waals surface area contributed by atoms with Crippen LogP contribution in [0.1, 0.15) is 29.7 Å². The van der Waals surface area contributed by atoms with Gasteiger partial charge in [0.25, 0.3) is 5.56 Å². The van der Waals surface area contributed by atoms with E-state index in [1.165, 1.54) is 4.57 Å². The van der Waals surface area contributed by atoms with Crippen molar-refractivity contribution in [1.82, 2.24) is 19.5 Å². The molecule has 1 aliphatic carbocycles. The lowest BCUT2D eigenvalue weighted by Gasteiger charge is -2.10. The van der Waals surface area contributed by atoms with E-state index in [-0.39, 0.29) is 18.0 Å². The molecule has 0 saturated heterocycles. The number of benzene rings is 1. The van der Waals surface area contributed by atoms with E-state index in [4.69, 9.17) is 0 Å². The molecule has 128 valence electrons. The van der Waals surface area contributed by atoms with Gasteiger partial charge in [-0.3, -0.25) is 9.59 Å². The highest BCUT2D eigenvalue weighted by Gasteiger charge is 2.19. The van der Waals surface area contributed by atoms with Crippen molar-refractivity contribution in [2.45, 2.75) is 38.8 Å². The molecular weight excluding hydrogens is 316 g/mol. The summed E-state index contributed by atoms with van der Waals surface area (Å²) >= 11 is 0. The Balaban J connectivity index is 1.54. The second-order valence-electron chi connectivity index (χ2n) is 6.42. The Kier molecular flexibility index (Phi) is 4.09. The minimum absolute atomic E-state index is 0.0160. The van der Waals surface area contributed by atoms with E-state index >= 15 is 0 Å². The minimum Gasteiger partial charge on any atom is -0.350 e. The molecule has 4 rings (SSSR count). The predicted molar refractivity (Wildman–Crippen MR) is 94.4 cm³/mol. The Morgan fingerprint density at radius 2 is 1.92 bits per heavy atom. The maximum absolute atomic E-state index is 12.8. The summed E-state index contributed by atoms with van der Waals surface area (Å²) in [5.41, 5.74) is 3.58. The first kappa shape index (κ1) is 15.6. The zero-order chi connectivity index (χ0) is 17.2. The van der Waals surface area contributed by atoms with Crippen molar-refractivity contribution < 1.29 is 4.79 Å². The van der Waals surface area contributed by atoms with Gasteiger partial charge in [-0.05, 0) is 31.2 Å². The van der Waals surface area contributed by atoms with Gasteiger partial charge in [-0.1, -0.05) is 30.3 Å². The number of rotatable bonds is 4. The van der Waals surface area contributed by atoms with Crippen LogP contribution in [0, 0.1) is 0 Å². The minimum atomic E-state index is -0.177. The first-order chi connectivity index (χ1) is 12.2. The van der Waals surface area contributed by atoms with Crippen molar-refractivity contribution in [3.63, 3.8) is 0 Å². The number of aromatic nitrogens is 3. The Morgan fingerprint density at radius 3 is 2.76 bits per heavy atom. The van der Waals surface area contributed by atoms with Gasteiger partial charge in [-0.2, -0.15) is 5.10 Å². The number of hydrogen-bond donors (Lipinski definition) is 1. The van der Waals surface area contributed by atoms with Crippen LogP contribution in [0.5, 0.6) is 0 Å². The maximum Gasteiger partial charge on any atom is 0.277 e. The summed E-state index contributed by atoms with van der Waals surface area (Å²) < 4.78 is 3.13. The molecule has 0 spiro atoms. The number of carbonyl (C=O) groups excluding carboxylic acids is 1. The number of hydrogen-bond acceptors (Lipinski definition) is 3. The first-order valence-electron chi connectivity index (χ1n) is 8.62. The van der Waals surface area contributed by atoms with Crippen molar-refractivity contribution in [1.29, 1.82) is 0 Å². The van der Waals surface area contributed by atoms with Gasteiger partial charge in [-0.15, -0.1) is 0 Å². The van der Waals surface area contributed by atoms with Crippen LogP contribution in [0.25, 0.3) is 5.52 Å². The standard InChI is InChI=1S/C19H20N4O2/c24-17(20-12-14-6-2-1-3-7-14)13-22-10-11-23-18(19(22)25)15-8-4-5-9-16(15)21-23/h1-3,6-7,10-11H,4-5,8-9,12-13H2,(H,20,24). The largest absolute Gasteiger partial charge is 0.350 e. The second-order valence-corrected chi connectivity index (χ2v) is 6.42. The smallest absolute Gasteiger partial charge is 0.277 e. The summed E-state index contributed by atoms with van der Waals surface area (Å²) in [4.78, 5) is 25.0. The summed E-state index contributed by atoms with van der Waals surface area (Å²) in [5, 5.41) is 7.37. The maximum atomic E-state index is 12.8. The molecule has 3 aromatic rings. The number of amides is 1. The highest BCUT2D eigenvalue weighted by molar-refractivity contribution is 5.75. The van der Waals surface area contributed by atoms with Crippen molar-refractivity contribution >= 4 is 11.4 Å². The van der Waals surface area contributed by atoms with Gasteiger partial charge in [0, 0.05) is 24.5 Å². The quantitative estimate of drug-likeness (QED) is 0.788. The van der Waals surface area contributed by atoms with Gasteiger partial charge in [0.1, 0.15) is 12.1 Å². The molecule has 2 aromatic heterocycles. The van der Waals surface area contributed by atoms with Gasteiger partial charge >= 0.3 is 0 Å². The van der Waals surface area contributed by atoms with Crippen LogP contribution in [0.15, 0.2) is 47.5 Å². The van der Waals surface area contributed by atoms with Crippen molar-refractivity contribution in [2.24, 2.45) is 0 Å². The van der Waals surface area contributed by atoms with E-state index in [1.54, 1.807) is 16.9 Å². The Bertz CT molecular complexity index is 972. The first-order valence-corrected chi connectivity index (χ1v) is 8.62. The molecule has 0 radical (unpaired) electrons. The summed E-state index contributed by atoms with van der Waals surface area (Å²) in [6.07, 6.45) is 7.41. The normalized spacial score (nSPS) is 13.6. The molecule has 1 aliphatic rings. The van der Waals surface area contributed by atoms with Crippen molar-refractivity contribution in [3.05, 3.63) is 69.9 Å². The zero-order valence-corrected chi connectivity index (χ0v) is 13.9. The molecule has 0 atom stereocenters. The third-order valence-electron chi connectivity index (χ3n) is 4.68. The molecule has 6 heteroatoms. The predicted octanol–water partition coefficient (Wildman–Crippen LogP) is 1.69. The van der Waals surface area contributed by atoms with Crippen LogP contribution in [-0.2, 0) is 30.7 Å². The lowest BCUT2D eigenvalue weighted by molar-refractivity contribution is -0.121. The average molecular weight is 336 g/mol. The number of aryl methyl sites for hydroxylation is 2. The molecule has 1 N–H and O–H groups in total. The molecule has 2 heterocycles. The van der Waals surface area contributed by atoms with Crippen LogP contribution >= 0.6 is 0 Å². The molecule has 1 amide bonds. The van der Waals surface area contributed by atoms with Gasteiger partial charge in [0.2, 0.25) is 5.91 Å². The van der Waals surface area contributed by atoms with Crippen molar-refractivity contribution in [3.8, 4) is 0 Å². The number of nitrogens with one attached hydrogen (secondary N) is 1. The number of fused-ring (bicyclic) bond motifs is 3. The van der Waals surface area contributed by atoms with Gasteiger partial charge in [-0.25, -0.2) is 4.52 Å². The fraction of sp³-hybridized carbons (Fsp3) is 0.316. The fourth-order valence-electron chi connectivity index (χ4n) is 3.39. The van der Waals surface area contributed by atoms with Crippen LogP contribution in [0.3, 0.4) is 0 Å². The van der Waals surface area contributed by atoms with Crippen LogP contribution < -0.4 is 10.9 Å².